The zero-order chi connectivity index (χ0) is 18.4. The van der Waals surface area contributed by atoms with Gasteiger partial charge in [0, 0.05) is 12.1 Å². The van der Waals surface area contributed by atoms with Gasteiger partial charge in [-0.1, -0.05) is 31.2 Å². The Labute approximate surface area is 152 Å². The highest BCUT2D eigenvalue weighted by atomic mass is 16.5. The summed E-state index contributed by atoms with van der Waals surface area (Å²) in [4.78, 5) is 15.0. The van der Waals surface area contributed by atoms with E-state index in [1.54, 1.807) is 0 Å². The molecule has 134 valence electrons. The topological polar surface area (TPSA) is 79.9 Å². The van der Waals surface area contributed by atoms with Crippen LogP contribution in [0.2, 0.25) is 0 Å². The van der Waals surface area contributed by atoms with Crippen molar-refractivity contribution in [1.82, 2.24) is 15.2 Å². The van der Waals surface area contributed by atoms with E-state index in [1.807, 2.05) is 55.5 Å². The predicted molar refractivity (Wildman–Crippen MR) is 102 cm³/mol. The van der Waals surface area contributed by atoms with Crippen molar-refractivity contribution in [3.63, 3.8) is 0 Å². The number of H-pyrrole nitrogens is 1. The van der Waals surface area contributed by atoms with Crippen LogP contribution in [0.25, 0.3) is 0 Å². The molecular formula is C20H22N4O2. The molecular weight excluding hydrogens is 328 g/mol. The van der Waals surface area contributed by atoms with E-state index < -0.39 is 0 Å². The van der Waals surface area contributed by atoms with E-state index in [2.05, 4.69) is 27.4 Å². The van der Waals surface area contributed by atoms with Crippen LogP contribution in [0.15, 0.2) is 53.3 Å². The SMILES string of the molecule is CCOc1ccc(Cc2nnc(Nc3ccc(CC)cc3)[nH]c2=O)cc1. The van der Waals surface area contributed by atoms with E-state index in [4.69, 9.17) is 4.74 Å². The third kappa shape index (κ3) is 4.47. The van der Waals surface area contributed by atoms with Crippen molar-refractivity contribution in [2.75, 3.05) is 11.9 Å². The molecule has 0 atom stereocenters. The van der Waals surface area contributed by atoms with E-state index >= 15 is 0 Å². The van der Waals surface area contributed by atoms with Gasteiger partial charge in [0.2, 0.25) is 5.95 Å². The van der Waals surface area contributed by atoms with E-state index in [1.165, 1.54) is 5.56 Å². The van der Waals surface area contributed by atoms with Gasteiger partial charge in [-0.25, -0.2) is 0 Å². The largest absolute Gasteiger partial charge is 0.494 e. The quantitative estimate of drug-likeness (QED) is 0.682. The van der Waals surface area contributed by atoms with Crippen molar-refractivity contribution in [2.24, 2.45) is 0 Å². The third-order valence-corrected chi connectivity index (χ3v) is 4.00. The maximum Gasteiger partial charge on any atom is 0.274 e. The number of aromatic amines is 1. The summed E-state index contributed by atoms with van der Waals surface area (Å²) < 4.78 is 5.42. The predicted octanol–water partition coefficient (Wildman–Crippen LogP) is 3.46. The van der Waals surface area contributed by atoms with Crippen LogP contribution in [0.3, 0.4) is 0 Å². The molecule has 3 rings (SSSR count). The standard InChI is InChI=1S/C20H22N4O2/c1-3-14-5-9-16(10-6-14)21-20-22-19(25)18(23-24-20)13-15-7-11-17(12-8-15)26-4-2/h5-12H,3-4,13H2,1-2H3,(H2,21,22,24,25). The molecule has 1 heterocycles. The Kier molecular flexibility index (Phi) is 5.63. The first-order valence-electron chi connectivity index (χ1n) is 8.71. The number of anilines is 2. The Morgan fingerprint density at radius 2 is 1.65 bits per heavy atom. The van der Waals surface area contributed by atoms with Crippen LogP contribution in [0, 0.1) is 0 Å². The van der Waals surface area contributed by atoms with Gasteiger partial charge in [0.15, 0.2) is 0 Å². The van der Waals surface area contributed by atoms with Crippen molar-refractivity contribution in [2.45, 2.75) is 26.7 Å². The number of aryl methyl sites for hydroxylation is 1. The molecule has 6 nitrogen and oxygen atoms in total. The number of nitrogens with one attached hydrogen (secondary N) is 2. The average molecular weight is 350 g/mol. The first kappa shape index (κ1) is 17.7. The molecule has 1 aromatic heterocycles. The number of benzene rings is 2. The lowest BCUT2D eigenvalue weighted by Gasteiger charge is -2.07. The van der Waals surface area contributed by atoms with Crippen molar-refractivity contribution in [3.05, 3.63) is 75.7 Å². The molecule has 2 N–H and O–H groups in total. The van der Waals surface area contributed by atoms with Gasteiger partial charge in [0.25, 0.3) is 5.56 Å². The van der Waals surface area contributed by atoms with E-state index in [9.17, 15) is 4.79 Å². The molecule has 0 fully saturated rings. The monoisotopic (exact) mass is 350 g/mol. The Morgan fingerprint density at radius 3 is 2.27 bits per heavy atom. The summed E-state index contributed by atoms with van der Waals surface area (Å²) in [6.07, 6.45) is 1.40. The molecule has 2 aromatic carbocycles. The number of rotatable bonds is 7. The van der Waals surface area contributed by atoms with Gasteiger partial charge in [-0.05, 0) is 48.7 Å². The normalized spacial score (nSPS) is 10.5. The molecule has 26 heavy (non-hydrogen) atoms. The van der Waals surface area contributed by atoms with Gasteiger partial charge < -0.3 is 10.1 Å². The Bertz CT molecular complexity index is 902. The lowest BCUT2D eigenvalue weighted by Crippen LogP contribution is -2.18. The third-order valence-electron chi connectivity index (χ3n) is 4.00. The zero-order valence-corrected chi connectivity index (χ0v) is 15.0. The molecule has 0 saturated carbocycles. The smallest absolute Gasteiger partial charge is 0.274 e. The van der Waals surface area contributed by atoms with Gasteiger partial charge in [-0.3, -0.25) is 9.78 Å². The Morgan fingerprint density at radius 1 is 0.962 bits per heavy atom. The maximum absolute atomic E-state index is 12.3. The van der Waals surface area contributed by atoms with Crippen molar-refractivity contribution >= 4 is 11.6 Å². The van der Waals surface area contributed by atoms with Crippen LogP contribution in [0.4, 0.5) is 11.6 Å². The van der Waals surface area contributed by atoms with Crippen LogP contribution < -0.4 is 15.6 Å². The fourth-order valence-electron chi connectivity index (χ4n) is 2.56. The second kappa shape index (κ2) is 8.29. The van der Waals surface area contributed by atoms with Gasteiger partial charge in [0.05, 0.1) is 6.61 Å². The van der Waals surface area contributed by atoms with Crippen LogP contribution in [0.5, 0.6) is 5.75 Å². The highest BCUT2D eigenvalue weighted by Crippen LogP contribution is 2.15. The molecule has 3 aromatic rings. The Balaban J connectivity index is 1.69. The zero-order valence-electron chi connectivity index (χ0n) is 15.0. The lowest BCUT2D eigenvalue weighted by atomic mass is 10.1. The Hall–Kier alpha value is -3.15. The number of hydrogen-bond acceptors (Lipinski definition) is 5. The molecule has 0 aliphatic carbocycles. The molecule has 0 amide bonds. The molecule has 6 heteroatoms. The van der Waals surface area contributed by atoms with Crippen LogP contribution in [0.1, 0.15) is 30.7 Å². The summed E-state index contributed by atoms with van der Waals surface area (Å²) in [5.74, 6) is 1.14. The second-order valence-corrected chi connectivity index (χ2v) is 5.88. The summed E-state index contributed by atoms with van der Waals surface area (Å²) >= 11 is 0. The van der Waals surface area contributed by atoms with Gasteiger partial charge in [-0.15, -0.1) is 10.2 Å². The summed E-state index contributed by atoms with van der Waals surface area (Å²) in [5, 5.41) is 11.2. The van der Waals surface area contributed by atoms with E-state index in [0.29, 0.717) is 24.7 Å². The highest BCUT2D eigenvalue weighted by molar-refractivity contribution is 5.53. The maximum atomic E-state index is 12.3. The number of ether oxygens (including phenoxy) is 1. The molecule has 0 unspecified atom stereocenters. The van der Waals surface area contributed by atoms with E-state index in [0.717, 1.165) is 23.4 Å². The summed E-state index contributed by atoms with van der Waals surface area (Å²) in [5.41, 5.74) is 3.21. The van der Waals surface area contributed by atoms with Crippen molar-refractivity contribution in [3.8, 4) is 5.75 Å². The van der Waals surface area contributed by atoms with Gasteiger partial charge in [-0.2, -0.15) is 0 Å². The molecule has 0 aliphatic rings. The average Bonchev–Trinajstić information content (AvgIpc) is 2.66. The highest BCUT2D eigenvalue weighted by Gasteiger charge is 2.07. The minimum atomic E-state index is -0.249. The minimum absolute atomic E-state index is 0.249. The summed E-state index contributed by atoms with van der Waals surface area (Å²) in [6, 6.07) is 15.6. The van der Waals surface area contributed by atoms with Crippen LogP contribution in [-0.4, -0.2) is 21.8 Å². The molecule has 0 spiro atoms. The van der Waals surface area contributed by atoms with Gasteiger partial charge in [0.1, 0.15) is 11.4 Å². The fourth-order valence-corrected chi connectivity index (χ4v) is 2.56. The molecule has 0 bridgehead atoms. The molecule has 0 aliphatic heterocycles. The number of hydrogen-bond donors (Lipinski definition) is 2. The number of nitrogens with zero attached hydrogens (tertiary/aromatic N) is 2. The van der Waals surface area contributed by atoms with Crippen molar-refractivity contribution < 1.29 is 4.74 Å². The van der Waals surface area contributed by atoms with Crippen LogP contribution >= 0.6 is 0 Å². The van der Waals surface area contributed by atoms with Crippen molar-refractivity contribution in [1.29, 1.82) is 0 Å². The first-order chi connectivity index (χ1) is 12.7. The fraction of sp³-hybridized carbons (Fsp3) is 0.250. The van der Waals surface area contributed by atoms with Gasteiger partial charge >= 0.3 is 0 Å². The lowest BCUT2D eigenvalue weighted by molar-refractivity contribution is 0.340. The first-order valence-corrected chi connectivity index (χ1v) is 8.71. The van der Waals surface area contributed by atoms with Crippen LogP contribution in [-0.2, 0) is 12.8 Å². The molecule has 0 radical (unpaired) electrons. The van der Waals surface area contributed by atoms with E-state index in [-0.39, 0.29) is 5.56 Å². The second-order valence-electron chi connectivity index (χ2n) is 5.88. The summed E-state index contributed by atoms with van der Waals surface area (Å²) in [6.45, 7) is 4.67. The number of aromatic nitrogens is 3. The minimum Gasteiger partial charge on any atom is -0.494 e. The summed E-state index contributed by atoms with van der Waals surface area (Å²) in [7, 11) is 0. The molecule has 0 saturated heterocycles.